The molecule has 0 aliphatic carbocycles. The van der Waals surface area contributed by atoms with Crippen molar-refractivity contribution in [2.24, 2.45) is 4.99 Å². The molecule has 31 heavy (non-hydrogen) atoms. The molecule has 2 aromatic heterocycles. The van der Waals surface area contributed by atoms with Gasteiger partial charge in [0.1, 0.15) is 5.76 Å². The van der Waals surface area contributed by atoms with Crippen LogP contribution in [0.1, 0.15) is 30.7 Å². The van der Waals surface area contributed by atoms with Gasteiger partial charge in [-0.2, -0.15) is 0 Å². The molecule has 0 radical (unpaired) electrons. The number of nitrogens with zero attached hydrogens (tertiary/aromatic N) is 3. The third kappa shape index (κ3) is 3.74. The lowest BCUT2D eigenvalue weighted by molar-refractivity contribution is -0.136. The Labute approximate surface area is 183 Å². The third-order valence-corrected chi connectivity index (χ3v) is 6.08. The van der Waals surface area contributed by atoms with Gasteiger partial charge in [0.15, 0.2) is 10.7 Å². The van der Waals surface area contributed by atoms with Gasteiger partial charge in [-0.1, -0.05) is 48.6 Å². The zero-order valence-corrected chi connectivity index (χ0v) is 18.6. The van der Waals surface area contributed by atoms with Crippen molar-refractivity contribution in [2.75, 3.05) is 26.1 Å². The Balaban J connectivity index is 1.96. The number of methoxy groups -OCH3 is 1. The fraction of sp³-hybridized carbons (Fsp3) is 0.261. The highest BCUT2D eigenvalue weighted by Crippen LogP contribution is 2.31. The minimum Gasteiger partial charge on any atom is -0.466 e. The summed E-state index contributed by atoms with van der Waals surface area (Å²) in [6.07, 6.45) is 2.26. The van der Waals surface area contributed by atoms with Gasteiger partial charge in [0.2, 0.25) is 0 Å². The first-order valence-corrected chi connectivity index (χ1v) is 10.7. The van der Waals surface area contributed by atoms with Crippen molar-refractivity contribution < 1.29 is 13.9 Å². The Morgan fingerprint density at radius 2 is 2.00 bits per heavy atom. The third-order valence-electron chi connectivity index (χ3n) is 5.09. The Bertz CT molecular complexity index is 1330. The molecule has 1 aliphatic heterocycles. The summed E-state index contributed by atoms with van der Waals surface area (Å²) in [5.74, 6) is 0.793. The van der Waals surface area contributed by atoms with E-state index >= 15 is 0 Å². The summed E-state index contributed by atoms with van der Waals surface area (Å²) in [6.45, 7) is 1.93. The number of esters is 1. The van der Waals surface area contributed by atoms with Crippen LogP contribution in [0.5, 0.6) is 0 Å². The van der Waals surface area contributed by atoms with E-state index in [1.54, 1.807) is 10.6 Å². The van der Waals surface area contributed by atoms with Crippen LogP contribution in [0.3, 0.4) is 0 Å². The number of hydrogen-bond donors (Lipinski definition) is 0. The van der Waals surface area contributed by atoms with E-state index in [1.807, 2.05) is 68.4 Å². The summed E-state index contributed by atoms with van der Waals surface area (Å²) in [5.41, 5.74) is 1.62. The van der Waals surface area contributed by atoms with E-state index in [4.69, 9.17) is 9.15 Å². The number of benzene rings is 1. The Morgan fingerprint density at radius 3 is 2.61 bits per heavy atom. The van der Waals surface area contributed by atoms with Crippen LogP contribution in [-0.2, 0) is 9.53 Å². The topological polar surface area (TPSA) is 77.0 Å². The highest BCUT2D eigenvalue weighted by molar-refractivity contribution is 7.07. The van der Waals surface area contributed by atoms with Crippen LogP contribution in [0.25, 0.3) is 6.08 Å². The summed E-state index contributed by atoms with van der Waals surface area (Å²) < 4.78 is 12.9. The largest absolute Gasteiger partial charge is 0.466 e. The number of thiazole rings is 1. The Hall–Kier alpha value is -3.39. The molecule has 0 saturated carbocycles. The molecule has 0 spiro atoms. The molecule has 4 rings (SSSR count). The van der Waals surface area contributed by atoms with Gasteiger partial charge in [0.05, 0.1) is 29.0 Å². The SMILES string of the molecule is CCC1=C(C(=O)OC)[C@H](c2ccccc2)n2c(s/c(=C\c3ccc(N(C)C)o3)c2=O)=N1. The fourth-order valence-electron chi connectivity index (χ4n) is 3.60. The second-order valence-corrected chi connectivity index (χ2v) is 8.28. The van der Waals surface area contributed by atoms with E-state index in [1.165, 1.54) is 18.4 Å². The molecule has 0 N–H and O–H groups in total. The summed E-state index contributed by atoms with van der Waals surface area (Å²) in [6, 6.07) is 12.5. The van der Waals surface area contributed by atoms with Crippen molar-refractivity contribution in [1.82, 2.24) is 4.57 Å². The number of furan rings is 1. The molecule has 0 saturated heterocycles. The first-order chi connectivity index (χ1) is 14.9. The van der Waals surface area contributed by atoms with E-state index in [0.717, 1.165) is 5.56 Å². The highest BCUT2D eigenvalue weighted by Gasteiger charge is 2.33. The number of ether oxygens (including phenoxy) is 1. The van der Waals surface area contributed by atoms with Gasteiger partial charge in [0.25, 0.3) is 5.56 Å². The maximum Gasteiger partial charge on any atom is 0.338 e. The molecule has 0 unspecified atom stereocenters. The molecule has 3 aromatic rings. The van der Waals surface area contributed by atoms with Crippen LogP contribution >= 0.6 is 11.3 Å². The number of aromatic nitrogens is 1. The predicted molar refractivity (Wildman–Crippen MR) is 120 cm³/mol. The Kier molecular flexibility index (Phi) is 5.65. The van der Waals surface area contributed by atoms with Crippen LogP contribution in [0.2, 0.25) is 0 Å². The fourth-order valence-corrected chi connectivity index (χ4v) is 4.60. The number of rotatable bonds is 5. The van der Waals surface area contributed by atoms with Gasteiger partial charge in [0, 0.05) is 26.2 Å². The van der Waals surface area contributed by atoms with Gasteiger partial charge >= 0.3 is 5.97 Å². The van der Waals surface area contributed by atoms with Gasteiger partial charge in [-0.3, -0.25) is 9.36 Å². The lowest BCUT2D eigenvalue weighted by atomic mass is 9.95. The van der Waals surface area contributed by atoms with Gasteiger partial charge in [-0.25, -0.2) is 9.79 Å². The molecular formula is C23H23N3O4S. The number of carbonyl (C=O) groups excluding carboxylic acids is 1. The van der Waals surface area contributed by atoms with E-state index in [2.05, 4.69) is 4.99 Å². The molecule has 0 bridgehead atoms. The zero-order chi connectivity index (χ0) is 22.1. The monoisotopic (exact) mass is 437 g/mol. The van der Waals surface area contributed by atoms with Crippen LogP contribution in [-0.4, -0.2) is 31.7 Å². The minimum atomic E-state index is -0.601. The summed E-state index contributed by atoms with van der Waals surface area (Å²) in [5, 5.41) is 0. The standard InChI is InChI=1S/C23H23N3O4S/c1-5-16-19(22(28)29-4)20(14-9-7-6-8-10-14)26-21(27)17(31-23(26)24-16)13-15-11-12-18(30-15)25(2)3/h6-13,20H,5H2,1-4H3/b17-13-/t20-/m0/s1. The quantitative estimate of drug-likeness (QED) is 0.573. The smallest absolute Gasteiger partial charge is 0.338 e. The first kappa shape index (κ1) is 20.9. The molecular weight excluding hydrogens is 414 g/mol. The van der Waals surface area contributed by atoms with Crippen LogP contribution in [0.4, 0.5) is 5.88 Å². The van der Waals surface area contributed by atoms with E-state index in [-0.39, 0.29) is 5.56 Å². The Morgan fingerprint density at radius 1 is 1.26 bits per heavy atom. The number of hydrogen-bond acceptors (Lipinski definition) is 7. The molecule has 3 heterocycles. The molecule has 7 nitrogen and oxygen atoms in total. The zero-order valence-electron chi connectivity index (χ0n) is 17.8. The normalized spacial score (nSPS) is 16.1. The summed E-state index contributed by atoms with van der Waals surface area (Å²) in [4.78, 5) is 33.2. The lowest BCUT2D eigenvalue weighted by Gasteiger charge is -2.25. The summed E-state index contributed by atoms with van der Waals surface area (Å²) in [7, 11) is 5.11. The number of allylic oxidation sites excluding steroid dienone is 1. The van der Waals surface area contributed by atoms with Crippen molar-refractivity contribution in [3.8, 4) is 0 Å². The highest BCUT2D eigenvalue weighted by atomic mass is 32.1. The number of carbonyl (C=O) groups is 1. The van der Waals surface area contributed by atoms with Crippen LogP contribution in [0.15, 0.2) is 67.9 Å². The van der Waals surface area contributed by atoms with Crippen molar-refractivity contribution >= 4 is 29.3 Å². The molecule has 1 aromatic carbocycles. The second kappa shape index (κ2) is 8.39. The number of fused-ring (bicyclic) bond motifs is 1. The van der Waals surface area contributed by atoms with Crippen molar-refractivity contribution in [2.45, 2.75) is 19.4 Å². The van der Waals surface area contributed by atoms with Crippen LogP contribution in [0, 0.1) is 0 Å². The molecule has 1 aliphatic rings. The van der Waals surface area contributed by atoms with E-state index < -0.39 is 12.0 Å². The molecule has 160 valence electrons. The average Bonchev–Trinajstić information content (AvgIpc) is 3.37. The average molecular weight is 438 g/mol. The van der Waals surface area contributed by atoms with Crippen molar-refractivity contribution in [3.63, 3.8) is 0 Å². The molecule has 0 fully saturated rings. The van der Waals surface area contributed by atoms with Gasteiger partial charge in [-0.05, 0) is 18.1 Å². The molecule has 0 amide bonds. The van der Waals surface area contributed by atoms with Crippen molar-refractivity contribution in [1.29, 1.82) is 0 Å². The maximum atomic E-state index is 13.4. The first-order valence-electron chi connectivity index (χ1n) is 9.89. The molecule has 1 atom stereocenters. The second-order valence-electron chi connectivity index (χ2n) is 7.27. The number of anilines is 1. The lowest BCUT2D eigenvalue weighted by Crippen LogP contribution is -2.40. The maximum absolute atomic E-state index is 13.4. The summed E-state index contributed by atoms with van der Waals surface area (Å²) >= 11 is 1.28. The van der Waals surface area contributed by atoms with E-state index in [9.17, 15) is 9.59 Å². The van der Waals surface area contributed by atoms with E-state index in [0.29, 0.717) is 38.7 Å². The van der Waals surface area contributed by atoms with Crippen LogP contribution < -0.4 is 19.8 Å². The predicted octanol–water partition coefficient (Wildman–Crippen LogP) is 2.46. The van der Waals surface area contributed by atoms with Gasteiger partial charge in [-0.15, -0.1) is 0 Å². The molecule has 8 heteroatoms. The van der Waals surface area contributed by atoms with Gasteiger partial charge < -0.3 is 14.1 Å². The minimum absolute atomic E-state index is 0.225. The van der Waals surface area contributed by atoms with Crippen molar-refractivity contribution in [3.05, 3.63) is 84.7 Å².